The molecule has 0 unspecified atom stereocenters. The molecule has 0 bridgehead atoms. The van der Waals surface area contributed by atoms with E-state index >= 15 is 0 Å². The predicted octanol–water partition coefficient (Wildman–Crippen LogP) is 1.76. The van der Waals surface area contributed by atoms with Gasteiger partial charge in [-0.25, -0.2) is 15.0 Å². The molecule has 0 aliphatic carbocycles. The quantitative estimate of drug-likeness (QED) is 0.795. The standard InChI is InChI=1S/C16H19N7/c1-2-13(10-22(6-1)11-15-19-3-4-20-15)14-8-18-9-16(21-14)23-7-5-17-12-23/h3-5,7-9,12-13H,1-2,6,10-11H2,(H,19,20)/t13-/m0/s1. The lowest BCUT2D eigenvalue weighted by molar-refractivity contribution is 0.194. The van der Waals surface area contributed by atoms with Crippen LogP contribution in [0.5, 0.6) is 0 Å². The summed E-state index contributed by atoms with van der Waals surface area (Å²) in [6.07, 6.45) is 15.0. The highest BCUT2D eigenvalue weighted by molar-refractivity contribution is 5.21. The predicted molar refractivity (Wildman–Crippen MR) is 85.0 cm³/mol. The van der Waals surface area contributed by atoms with Crippen molar-refractivity contribution in [3.8, 4) is 5.82 Å². The van der Waals surface area contributed by atoms with Gasteiger partial charge in [-0.2, -0.15) is 0 Å². The number of likely N-dealkylation sites (tertiary alicyclic amines) is 1. The third kappa shape index (κ3) is 3.14. The summed E-state index contributed by atoms with van der Waals surface area (Å²) in [6, 6.07) is 0. The summed E-state index contributed by atoms with van der Waals surface area (Å²) in [6.45, 7) is 2.95. The van der Waals surface area contributed by atoms with E-state index in [2.05, 4.69) is 24.8 Å². The Balaban J connectivity index is 1.50. The van der Waals surface area contributed by atoms with E-state index in [9.17, 15) is 0 Å². The monoisotopic (exact) mass is 309 g/mol. The van der Waals surface area contributed by atoms with Gasteiger partial charge in [-0.3, -0.25) is 14.5 Å². The first-order valence-electron chi connectivity index (χ1n) is 7.89. The smallest absolute Gasteiger partial charge is 0.156 e. The second-order valence-electron chi connectivity index (χ2n) is 5.88. The highest BCUT2D eigenvalue weighted by Gasteiger charge is 2.23. The zero-order valence-corrected chi connectivity index (χ0v) is 12.8. The molecule has 118 valence electrons. The van der Waals surface area contributed by atoms with E-state index in [1.54, 1.807) is 24.9 Å². The van der Waals surface area contributed by atoms with Crippen LogP contribution in [0.3, 0.4) is 0 Å². The molecule has 7 nitrogen and oxygen atoms in total. The Hall–Kier alpha value is -2.54. The minimum Gasteiger partial charge on any atom is -0.348 e. The second-order valence-corrected chi connectivity index (χ2v) is 5.88. The molecular formula is C16H19N7. The van der Waals surface area contributed by atoms with E-state index in [-0.39, 0.29) is 0 Å². The fourth-order valence-corrected chi connectivity index (χ4v) is 3.12. The third-order valence-corrected chi connectivity index (χ3v) is 4.26. The van der Waals surface area contributed by atoms with Crippen molar-refractivity contribution < 1.29 is 0 Å². The van der Waals surface area contributed by atoms with Gasteiger partial charge in [0.25, 0.3) is 0 Å². The summed E-state index contributed by atoms with van der Waals surface area (Å²) < 4.78 is 1.89. The van der Waals surface area contributed by atoms with E-state index in [0.717, 1.165) is 43.4 Å². The Morgan fingerprint density at radius 2 is 2.22 bits per heavy atom. The maximum absolute atomic E-state index is 4.78. The fourth-order valence-electron chi connectivity index (χ4n) is 3.12. The Labute approximate surface area is 134 Å². The maximum Gasteiger partial charge on any atom is 0.156 e. The first-order chi connectivity index (χ1) is 11.4. The summed E-state index contributed by atoms with van der Waals surface area (Å²) in [5.41, 5.74) is 1.06. The molecule has 1 N–H and O–H groups in total. The number of imidazole rings is 2. The molecule has 1 saturated heterocycles. The zero-order valence-electron chi connectivity index (χ0n) is 12.8. The molecule has 4 rings (SSSR count). The molecule has 0 amide bonds. The third-order valence-electron chi connectivity index (χ3n) is 4.26. The van der Waals surface area contributed by atoms with Gasteiger partial charge in [-0.05, 0) is 19.4 Å². The summed E-state index contributed by atoms with van der Waals surface area (Å²) >= 11 is 0. The van der Waals surface area contributed by atoms with E-state index in [0.29, 0.717) is 5.92 Å². The largest absolute Gasteiger partial charge is 0.348 e. The fraction of sp³-hybridized carbons (Fsp3) is 0.375. The molecule has 3 aromatic rings. The molecule has 0 spiro atoms. The molecule has 3 aromatic heterocycles. The van der Waals surface area contributed by atoms with Gasteiger partial charge >= 0.3 is 0 Å². The van der Waals surface area contributed by atoms with Crippen molar-refractivity contribution in [2.45, 2.75) is 25.3 Å². The molecule has 4 heterocycles. The van der Waals surface area contributed by atoms with Crippen molar-refractivity contribution in [3.63, 3.8) is 0 Å². The van der Waals surface area contributed by atoms with Crippen LogP contribution in [-0.4, -0.2) is 47.5 Å². The molecule has 0 saturated carbocycles. The summed E-state index contributed by atoms with van der Waals surface area (Å²) in [5, 5.41) is 0. The van der Waals surface area contributed by atoms with Crippen LogP contribution in [0.4, 0.5) is 0 Å². The van der Waals surface area contributed by atoms with Crippen LogP contribution in [0.2, 0.25) is 0 Å². The first-order valence-corrected chi connectivity index (χ1v) is 7.89. The summed E-state index contributed by atoms with van der Waals surface area (Å²) in [5.74, 6) is 2.25. The number of H-pyrrole nitrogens is 1. The topological polar surface area (TPSA) is 75.5 Å². The lowest BCUT2D eigenvalue weighted by atomic mass is 9.95. The van der Waals surface area contributed by atoms with Gasteiger partial charge in [0.2, 0.25) is 0 Å². The van der Waals surface area contributed by atoms with Crippen molar-refractivity contribution in [1.29, 1.82) is 0 Å². The SMILES string of the molecule is c1cn(-c2cncc([C@H]3CCCN(Cc4ncc[nH]4)C3)n2)cn1. The number of aromatic amines is 1. The number of hydrogen-bond acceptors (Lipinski definition) is 5. The minimum absolute atomic E-state index is 0.412. The maximum atomic E-state index is 4.78. The van der Waals surface area contributed by atoms with Crippen molar-refractivity contribution in [3.05, 3.63) is 55.0 Å². The van der Waals surface area contributed by atoms with Gasteiger partial charge < -0.3 is 4.98 Å². The number of rotatable bonds is 4. The Morgan fingerprint density at radius 1 is 1.22 bits per heavy atom. The average Bonchev–Trinajstić information content (AvgIpc) is 3.29. The molecule has 1 aliphatic rings. The van der Waals surface area contributed by atoms with Crippen LogP contribution in [0.25, 0.3) is 5.82 Å². The molecule has 23 heavy (non-hydrogen) atoms. The van der Waals surface area contributed by atoms with Gasteiger partial charge in [0, 0.05) is 43.4 Å². The van der Waals surface area contributed by atoms with Crippen LogP contribution in [0, 0.1) is 0 Å². The van der Waals surface area contributed by atoms with Crippen molar-refractivity contribution in [2.75, 3.05) is 13.1 Å². The molecule has 0 aromatic carbocycles. The molecule has 7 heteroatoms. The van der Waals surface area contributed by atoms with Gasteiger partial charge in [0.15, 0.2) is 5.82 Å². The molecular weight excluding hydrogens is 290 g/mol. The van der Waals surface area contributed by atoms with Crippen molar-refractivity contribution >= 4 is 0 Å². The van der Waals surface area contributed by atoms with Crippen molar-refractivity contribution in [2.24, 2.45) is 0 Å². The number of nitrogens with one attached hydrogen (secondary N) is 1. The summed E-state index contributed by atoms with van der Waals surface area (Å²) in [4.78, 5) is 23.1. The van der Waals surface area contributed by atoms with Crippen LogP contribution in [-0.2, 0) is 6.54 Å². The van der Waals surface area contributed by atoms with Crippen LogP contribution in [0.15, 0.2) is 43.5 Å². The lowest BCUT2D eigenvalue weighted by Gasteiger charge is -2.31. The second kappa shape index (κ2) is 6.29. The van der Waals surface area contributed by atoms with Gasteiger partial charge in [-0.1, -0.05) is 0 Å². The zero-order chi connectivity index (χ0) is 15.5. The summed E-state index contributed by atoms with van der Waals surface area (Å²) in [7, 11) is 0. The van der Waals surface area contributed by atoms with Gasteiger partial charge in [-0.15, -0.1) is 0 Å². The molecule has 0 radical (unpaired) electrons. The number of aromatic nitrogens is 6. The van der Waals surface area contributed by atoms with E-state index in [1.165, 1.54) is 6.42 Å². The molecule has 1 atom stereocenters. The highest BCUT2D eigenvalue weighted by atomic mass is 15.2. The molecule has 1 aliphatic heterocycles. The van der Waals surface area contributed by atoms with Crippen molar-refractivity contribution in [1.82, 2.24) is 34.4 Å². The number of nitrogens with zero attached hydrogens (tertiary/aromatic N) is 6. The van der Waals surface area contributed by atoms with Crippen LogP contribution >= 0.6 is 0 Å². The lowest BCUT2D eigenvalue weighted by Crippen LogP contribution is -2.34. The Kier molecular flexibility index (Phi) is 3.85. The van der Waals surface area contributed by atoms with Gasteiger partial charge in [0.05, 0.1) is 18.4 Å². The van der Waals surface area contributed by atoms with E-state index in [4.69, 9.17) is 4.98 Å². The number of hydrogen-bond donors (Lipinski definition) is 1. The normalized spacial score (nSPS) is 19.0. The van der Waals surface area contributed by atoms with Gasteiger partial charge in [0.1, 0.15) is 12.2 Å². The average molecular weight is 309 g/mol. The molecule has 1 fully saturated rings. The Bertz CT molecular complexity index is 736. The number of piperidine rings is 1. The van der Waals surface area contributed by atoms with Crippen LogP contribution < -0.4 is 0 Å². The minimum atomic E-state index is 0.412. The van der Waals surface area contributed by atoms with E-state index < -0.39 is 0 Å². The van der Waals surface area contributed by atoms with E-state index in [1.807, 2.05) is 23.2 Å². The highest BCUT2D eigenvalue weighted by Crippen LogP contribution is 2.26. The Morgan fingerprint density at radius 3 is 3.04 bits per heavy atom. The van der Waals surface area contributed by atoms with Crippen LogP contribution in [0.1, 0.15) is 30.3 Å². The first kappa shape index (κ1) is 14.1.